The molecule has 1 saturated heterocycles. The Morgan fingerprint density at radius 1 is 0.679 bits per heavy atom. The minimum Gasteiger partial charge on any atom is -0.508 e. The third kappa shape index (κ3) is 17.5. The van der Waals surface area contributed by atoms with Crippen molar-refractivity contribution in [2.45, 2.75) is 115 Å². The van der Waals surface area contributed by atoms with Gasteiger partial charge >= 0.3 is 0 Å². The number of benzene rings is 5. The first kappa shape index (κ1) is 60.8. The van der Waals surface area contributed by atoms with Crippen molar-refractivity contribution < 1.29 is 48.6 Å². The molecule has 16 nitrogen and oxygen atoms in total. The molecule has 0 radical (unpaired) electrons. The average molecular weight is 1100 g/mol. The number of amides is 4. The lowest BCUT2D eigenvalue weighted by Crippen LogP contribution is -2.50. The van der Waals surface area contributed by atoms with Crippen molar-refractivity contribution in [3.8, 4) is 5.75 Å². The largest absolute Gasteiger partial charge is 0.508 e. The number of rotatable bonds is 19. The first-order valence-corrected chi connectivity index (χ1v) is 29.2. The first-order valence-electron chi connectivity index (χ1n) is 26.7. The van der Waals surface area contributed by atoms with Crippen molar-refractivity contribution in [2.75, 3.05) is 18.1 Å². The van der Waals surface area contributed by atoms with Gasteiger partial charge in [0.05, 0.1) is 42.1 Å². The molecular formula is C60H74N6O10S2. The van der Waals surface area contributed by atoms with E-state index in [2.05, 4.69) is 16.0 Å². The van der Waals surface area contributed by atoms with Gasteiger partial charge in [0, 0.05) is 49.0 Å². The number of carbonyl (C=O) groups is 8. The fraction of sp³-hybridized carbons (Fsp3) is 0.433. The molecule has 1 aliphatic heterocycles. The van der Waals surface area contributed by atoms with E-state index in [9.17, 15) is 43.8 Å². The van der Waals surface area contributed by atoms with Crippen molar-refractivity contribution in [3.63, 3.8) is 0 Å². The van der Waals surface area contributed by atoms with E-state index < -0.39 is 113 Å². The molecule has 9 atom stereocenters. The van der Waals surface area contributed by atoms with Crippen LogP contribution >= 0.6 is 21.6 Å². The number of Topliss-reactive ketones (excluding diaryl/α,β-unsaturated/α-hetero) is 4. The number of primary amides is 1. The predicted octanol–water partition coefficient (Wildman–Crippen LogP) is 5.86. The van der Waals surface area contributed by atoms with Crippen LogP contribution in [-0.4, -0.2) is 105 Å². The molecule has 5 aromatic rings. The Hall–Kier alpha value is -6.44. The highest BCUT2D eigenvalue weighted by atomic mass is 33.1. The maximum Gasteiger partial charge on any atom is 0.225 e. The van der Waals surface area contributed by atoms with Crippen LogP contribution < -0.4 is 33.2 Å². The Balaban J connectivity index is 1.41. The highest BCUT2D eigenvalue weighted by Crippen LogP contribution is 2.30. The fourth-order valence-electron chi connectivity index (χ4n) is 9.83. The zero-order valence-electron chi connectivity index (χ0n) is 44.6. The van der Waals surface area contributed by atoms with Gasteiger partial charge in [-0.05, 0) is 108 Å². The van der Waals surface area contributed by atoms with E-state index in [1.54, 1.807) is 26.0 Å². The van der Waals surface area contributed by atoms with Crippen molar-refractivity contribution in [2.24, 2.45) is 46.8 Å². The Kier molecular flexibility index (Phi) is 23.0. The Morgan fingerprint density at radius 3 is 2.00 bits per heavy atom. The summed E-state index contributed by atoms with van der Waals surface area (Å²) < 4.78 is 0. The molecule has 6 rings (SSSR count). The summed E-state index contributed by atoms with van der Waals surface area (Å²) in [6.45, 7) is 5.17. The summed E-state index contributed by atoms with van der Waals surface area (Å²) in [5.74, 6) is -9.74. The lowest BCUT2D eigenvalue weighted by molar-refractivity contribution is -0.136. The summed E-state index contributed by atoms with van der Waals surface area (Å²) in [4.78, 5) is 115. The number of phenols is 1. The second-order valence-corrected chi connectivity index (χ2v) is 23.5. The SMILES string of the molecule is CC(C)[C@@H]1CC(=O)[C@H](CCCCN)NC(=O)[C@@H](Cc2cccc3ccccc23)CC(=O)[C@H](Cc2ccc(O)cc2)NC(=O)[C@@H](CC(=O)[C@H](N)Cc2ccc3ccccc3c2)CSSC[C@@H](C(=O)C[C@H](C(N)=O)C(C)O)NC1=O. The summed E-state index contributed by atoms with van der Waals surface area (Å²) in [5.41, 5.74) is 20.3. The van der Waals surface area contributed by atoms with E-state index >= 15 is 4.79 Å². The molecule has 78 heavy (non-hydrogen) atoms. The van der Waals surface area contributed by atoms with Crippen LogP contribution in [0.25, 0.3) is 21.5 Å². The predicted molar refractivity (Wildman–Crippen MR) is 307 cm³/mol. The monoisotopic (exact) mass is 1100 g/mol. The van der Waals surface area contributed by atoms with Gasteiger partial charge in [-0.3, -0.25) is 38.4 Å². The molecular weight excluding hydrogens is 1030 g/mol. The van der Waals surface area contributed by atoms with Crippen LogP contribution in [0.1, 0.15) is 82.4 Å². The normalized spacial score (nSPS) is 21.8. The molecule has 0 saturated carbocycles. The second kappa shape index (κ2) is 29.5. The van der Waals surface area contributed by atoms with Crippen molar-refractivity contribution in [1.82, 2.24) is 16.0 Å². The van der Waals surface area contributed by atoms with Gasteiger partial charge in [-0.15, -0.1) is 0 Å². The number of nitrogens with two attached hydrogens (primary N) is 3. The van der Waals surface area contributed by atoms with Gasteiger partial charge in [-0.2, -0.15) is 0 Å². The van der Waals surface area contributed by atoms with E-state index in [-0.39, 0.29) is 62.2 Å². The summed E-state index contributed by atoms with van der Waals surface area (Å²) in [7, 11) is 2.27. The average Bonchev–Trinajstić information content (AvgIpc) is 3.41. The Labute approximate surface area is 464 Å². The fourth-order valence-corrected chi connectivity index (χ4v) is 12.3. The minimum atomic E-state index is -1.29. The number of aromatic hydroxyl groups is 1. The third-order valence-corrected chi connectivity index (χ3v) is 17.1. The minimum absolute atomic E-state index is 0.0142. The number of fused-ring (bicyclic) bond motifs is 2. The molecule has 18 heteroatoms. The molecule has 11 N–H and O–H groups in total. The molecule has 1 aliphatic rings. The van der Waals surface area contributed by atoms with Crippen LogP contribution in [0.4, 0.5) is 0 Å². The van der Waals surface area contributed by atoms with Crippen LogP contribution in [0.5, 0.6) is 5.75 Å². The highest BCUT2D eigenvalue weighted by Gasteiger charge is 2.37. The number of hydrogen-bond donors (Lipinski definition) is 8. The maximum absolute atomic E-state index is 15.1. The molecule has 5 aromatic carbocycles. The van der Waals surface area contributed by atoms with Gasteiger partial charge < -0.3 is 43.4 Å². The molecule has 1 fully saturated rings. The summed E-state index contributed by atoms with van der Waals surface area (Å²) in [6.07, 6.45) is -1.44. The summed E-state index contributed by atoms with van der Waals surface area (Å²) >= 11 is 0. The Morgan fingerprint density at radius 2 is 1.31 bits per heavy atom. The van der Waals surface area contributed by atoms with Gasteiger partial charge in [0.15, 0.2) is 23.1 Å². The standard InChI is InChI=1S/C60H74N6O10S2/c1-35(2)47-31-55(71)50(17-8-9-24-61)64-58(74)43(28-42-15-10-14-40-12-6-7-16-46(40)42)29-54(70)51(27-37-19-22-45(68)23-20-37)65-59(75)44(30-53(69)49(62)26-38-18-21-39-11-4-5-13-41(39)25-38)33-77-78-34-52(66-60(47)76)56(72)32-48(36(3)67)57(63)73/h4-7,10-16,18-23,25,35-36,43-44,47-52,67-68H,8-9,17,24,26-34,61-62H2,1-3H3,(H2,63,73)(H,64,74)(H,65,75)(H,66,76)/t36?,43-,44-,47-,48-,49+,50-,51-,52-/m0/s1. The van der Waals surface area contributed by atoms with E-state index in [1.807, 2.05) is 84.9 Å². The number of hydrogen-bond acceptors (Lipinski definition) is 14. The maximum atomic E-state index is 15.1. The van der Waals surface area contributed by atoms with Gasteiger partial charge in [0.1, 0.15) is 5.75 Å². The van der Waals surface area contributed by atoms with Crippen molar-refractivity contribution in [1.29, 1.82) is 0 Å². The van der Waals surface area contributed by atoms with Gasteiger partial charge in [0.25, 0.3) is 0 Å². The van der Waals surface area contributed by atoms with Gasteiger partial charge in [-0.25, -0.2) is 0 Å². The van der Waals surface area contributed by atoms with E-state index in [4.69, 9.17) is 17.2 Å². The van der Waals surface area contributed by atoms with Crippen LogP contribution in [-0.2, 0) is 57.6 Å². The molecule has 1 heterocycles. The topological polar surface area (TPSA) is 291 Å². The summed E-state index contributed by atoms with van der Waals surface area (Å²) in [5, 5.41) is 33.1. The highest BCUT2D eigenvalue weighted by molar-refractivity contribution is 8.76. The third-order valence-electron chi connectivity index (χ3n) is 14.6. The van der Waals surface area contributed by atoms with Crippen LogP contribution in [0.3, 0.4) is 0 Å². The van der Waals surface area contributed by atoms with E-state index in [0.29, 0.717) is 24.9 Å². The zero-order valence-corrected chi connectivity index (χ0v) is 46.2. The molecule has 0 bridgehead atoms. The zero-order chi connectivity index (χ0) is 56.5. The number of aliphatic hydroxyl groups is 1. The molecule has 0 aromatic heterocycles. The number of ketones is 4. The molecule has 4 amide bonds. The second-order valence-electron chi connectivity index (χ2n) is 20.9. The van der Waals surface area contributed by atoms with E-state index in [0.717, 1.165) is 54.3 Å². The molecule has 0 aliphatic carbocycles. The van der Waals surface area contributed by atoms with E-state index in [1.165, 1.54) is 19.1 Å². The van der Waals surface area contributed by atoms with Crippen LogP contribution in [0, 0.1) is 29.6 Å². The number of unbranched alkanes of at least 4 members (excludes halogenated alkanes) is 1. The Bertz CT molecular complexity index is 2910. The lowest BCUT2D eigenvalue weighted by atomic mass is 9.85. The van der Waals surface area contributed by atoms with Gasteiger partial charge in [-0.1, -0.05) is 132 Å². The number of nitrogens with one attached hydrogen (secondary N) is 3. The first-order chi connectivity index (χ1) is 37.3. The lowest BCUT2D eigenvalue weighted by Gasteiger charge is -2.28. The summed E-state index contributed by atoms with van der Waals surface area (Å²) in [6, 6.07) is 28.5. The smallest absolute Gasteiger partial charge is 0.225 e. The quantitative estimate of drug-likeness (QED) is 0.0355. The van der Waals surface area contributed by atoms with Crippen molar-refractivity contribution >= 4 is 89.9 Å². The number of carbonyl (C=O) groups excluding carboxylic acids is 8. The molecule has 0 spiro atoms. The number of aliphatic hydroxyl groups excluding tert-OH is 1. The number of phenolic OH excluding ortho intramolecular Hbond substituents is 1. The van der Waals surface area contributed by atoms with Crippen LogP contribution in [0.15, 0.2) is 109 Å². The molecule has 1 unspecified atom stereocenters. The van der Waals surface area contributed by atoms with Gasteiger partial charge in [0.2, 0.25) is 23.6 Å². The van der Waals surface area contributed by atoms with Crippen molar-refractivity contribution in [3.05, 3.63) is 126 Å². The molecule has 416 valence electrons. The van der Waals surface area contributed by atoms with Crippen LogP contribution in [0.2, 0.25) is 0 Å².